The molecule has 0 fully saturated rings. The highest BCUT2D eigenvalue weighted by atomic mass is 16.5. The van der Waals surface area contributed by atoms with Crippen molar-refractivity contribution in [2.75, 3.05) is 20.3 Å². The molecule has 0 heterocycles. The Morgan fingerprint density at radius 1 is 1.80 bits per heavy atom. The normalized spacial score (nSPS) is 12.6. The second kappa shape index (κ2) is 5.05. The zero-order valence-corrected chi connectivity index (χ0v) is 6.26. The molecule has 1 atom stereocenters. The lowest BCUT2D eigenvalue weighted by Crippen LogP contribution is -2.28. The van der Waals surface area contributed by atoms with Crippen molar-refractivity contribution in [2.24, 2.45) is 5.92 Å². The second-order valence-corrected chi connectivity index (χ2v) is 2.25. The molecule has 0 aromatic carbocycles. The van der Waals surface area contributed by atoms with Crippen molar-refractivity contribution in [2.45, 2.75) is 6.92 Å². The molecule has 10 heavy (non-hydrogen) atoms. The van der Waals surface area contributed by atoms with Crippen molar-refractivity contribution in [1.82, 2.24) is 5.32 Å². The number of rotatable bonds is 4. The number of hydrogen-bond acceptors (Lipinski definition) is 2. The zero-order chi connectivity index (χ0) is 7.98. The van der Waals surface area contributed by atoms with Gasteiger partial charge in [0.05, 0.1) is 6.61 Å². The average Bonchev–Trinajstić information content (AvgIpc) is 1.85. The molecule has 4 nitrogen and oxygen atoms in total. The topological polar surface area (TPSA) is 58.6 Å². The predicted octanol–water partition coefficient (Wildman–Crippen LogP) is 0.536. The van der Waals surface area contributed by atoms with Gasteiger partial charge in [0.2, 0.25) is 0 Å². The summed E-state index contributed by atoms with van der Waals surface area (Å²) in [5.74, 6) is 0.237. The van der Waals surface area contributed by atoms with Gasteiger partial charge in [-0.1, -0.05) is 6.92 Å². The summed E-state index contributed by atoms with van der Waals surface area (Å²) in [4.78, 5) is 9.96. The fourth-order valence-corrected chi connectivity index (χ4v) is 0.605. The lowest BCUT2D eigenvalue weighted by atomic mass is 10.2. The van der Waals surface area contributed by atoms with Crippen molar-refractivity contribution >= 4 is 6.09 Å². The fourth-order valence-electron chi connectivity index (χ4n) is 0.605. The van der Waals surface area contributed by atoms with Crippen LogP contribution in [0.2, 0.25) is 0 Å². The van der Waals surface area contributed by atoms with E-state index < -0.39 is 6.09 Å². The summed E-state index contributed by atoms with van der Waals surface area (Å²) in [5.41, 5.74) is 0. The van der Waals surface area contributed by atoms with Crippen LogP contribution in [0.15, 0.2) is 0 Å². The largest absolute Gasteiger partial charge is 0.465 e. The first-order chi connectivity index (χ1) is 4.66. The molecule has 0 saturated heterocycles. The van der Waals surface area contributed by atoms with E-state index in [1.807, 2.05) is 6.92 Å². The first kappa shape index (κ1) is 9.23. The number of amides is 1. The number of methoxy groups -OCH3 is 1. The Morgan fingerprint density at radius 2 is 2.40 bits per heavy atom. The third kappa shape index (κ3) is 5.37. The molecule has 1 unspecified atom stereocenters. The van der Waals surface area contributed by atoms with Crippen molar-refractivity contribution < 1.29 is 14.6 Å². The summed E-state index contributed by atoms with van der Waals surface area (Å²) in [6.45, 7) is 2.95. The Morgan fingerprint density at radius 3 is 2.80 bits per heavy atom. The Labute approximate surface area is 60.2 Å². The van der Waals surface area contributed by atoms with Crippen LogP contribution in [0.3, 0.4) is 0 Å². The van der Waals surface area contributed by atoms with Crippen LogP contribution in [0.4, 0.5) is 4.79 Å². The minimum absolute atomic E-state index is 0.237. The van der Waals surface area contributed by atoms with Crippen LogP contribution < -0.4 is 5.32 Å². The van der Waals surface area contributed by atoms with Gasteiger partial charge in [-0.05, 0) is 5.92 Å². The molecule has 0 bridgehead atoms. The van der Waals surface area contributed by atoms with Crippen LogP contribution in [0, 0.1) is 5.92 Å². The van der Waals surface area contributed by atoms with Crippen LogP contribution in [-0.4, -0.2) is 31.5 Å². The lowest BCUT2D eigenvalue weighted by molar-refractivity contribution is 0.154. The maximum Gasteiger partial charge on any atom is 0.404 e. The summed E-state index contributed by atoms with van der Waals surface area (Å²) in [6.07, 6.45) is -0.983. The average molecular weight is 147 g/mol. The molecule has 60 valence electrons. The van der Waals surface area contributed by atoms with Crippen LogP contribution in [0.5, 0.6) is 0 Å². The minimum Gasteiger partial charge on any atom is -0.465 e. The van der Waals surface area contributed by atoms with Crippen molar-refractivity contribution in [3.63, 3.8) is 0 Å². The Hall–Kier alpha value is -0.770. The molecule has 1 amide bonds. The number of carboxylic acid groups (broad SMARTS) is 1. The van der Waals surface area contributed by atoms with E-state index in [1.165, 1.54) is 0 Å². The van der Waals surface area contributed by atoms with E-state index >= 15 is 0 Å². The van der Waals surface area contributed by atoms with Crippen LogP contribution in [0.25, 0.3) is 0 Å². The van der Waals surface area contributed by atoms with Crippen LogP contribution in [0.1, 0.15) is 6.92 Å². The van der Waals surface area contributed by atoms with E-state index in [2.05, 4.69) is 5.32 Å². The summed E-state index contributed by atoms with van der Waals surface area (Å²) in [6, 6.07) is 0. The van der Waals surface area contributed by atoms with E-state index in [0.29, 0.717) is 13.2 Å². The van der Waals surface area contributed by atoms with Gasteiger partial charge in [-0.15, -0.1) is 0 Å². The molecule has 0 rings (SSSR count). The summed E-state index contributed by atoms with van der Waals surface area (Å²) in [7, 11) is 1.59. The molecule has 0 saturated carbocycles. The highest BCUT2D eigenvalue weighted by Crippen LogP contribution is 1.91. The molecule has 0 aromatic heterocycles. The lowest BCUT2D eigenvalue weighted by Gasteiger charge is -2.08. The Kier molecular flexibility index (Phi) is 4.66. The second-order valence-electron chi connectivity index (χ2n) is 2.25. The number of hydrogen-bond donors (Lipinski definition) is 2. The van der Waals surface area contributed by atoms with Gasteiger partial charge in [0, 0.05) is 13.7 Å². The Balaban J connectivity index is 3.21. The molecular formula is C6H13NO3. The van der Waals surface area contributed by atoms with Crippen LogP contribution >= 0.6 is 0 Å². The van der Waals surface area contributed by atoms with E-state index in [9.17, 15) is 4.79 Å². The molecular weight excluding hydrogens is 134 g/mol. The molecule has 0 radical (unpaired) electrons. The molecule has 0 aromatic rings. The smallest absolute Gasteiger partial charge is 0.404 e. The van der Waals surface area contributed by atoms with E-state index in [1.54, 1.807) is 7.11 Å². The van der Waals surface area contributed by atoms with Gasteiger partial charge in [0.25, 0.3) is 0 Å². The first-order valence-electron chi connectivity index (χ1n) is 3.12. The molecule has 0 spiro atoms. The van der Waals surface area contributed by atoms with Gasteiger partial charge in [-0.3, -0.25) is 0 Å². The SMILES string of the molecule is COCC(C)CNC(=O)O. The number of carbonyl (C=O) groups is 1. The molecule has 0 aliphatic rings. The summed E-state index contributed by atoms with van der Waals surface area (Å²) in [5, 5.41) is 10.4. The van der Waals surface area contributed by atoms with Crippen molar-refractivity contribution in [3.05, 3.63) is 0 Å². The van der Waals surface area contributed by atoms with Gasteiger partial charge in [-0.2, -0.15) is 0 Å². The summed E-state index contributed by atoms with van der Waals surface area (Å²) < 4.78 is 4.80. The molecule has 0 aliphatic heterocycles. The van der Waals surface area contributed by atoms with Gasteiger partial charge >= 0.3 is 6.09 Å². The molecule has 4 heteroatoms. The van der Waals surface area contributed by atoms with Crippen molar-refractivity contribution in [3.8, 4) is 0 Å². The Bertz CT molecular complexity index is 105. The predicted molar refractivity (Wildman–Crippen MR) is 37.1 cm³/mol. The highest BCUT2D eigenvalue weighted by Gasteiger charge is 2.01. The molecule has 0 aliphatic carbocycles. The maximum absolute atomic E-state index is 9.96. The quantitative estimate of drug-likeness (QED) is 0.610. The highest BCUT2D eigenvalue weighted by molar-refractivity contribution is 5.64. The molecule has 2 N–H and O–H groups in total. The minimum atomic E-state index is -0.983. The van der Waals surface area contributed by atoms with E-state index in [4.69, 9.17) is 9.84 Å². The summed E-state index contributed by atoms with van der Waals surface area (Å²) >= 11 is 0. The zero-order valence-electron chi connectivity index (χ0n) is 6.26. The third-order valence-electron chi connectivity index (χ3n) is 1.05. The first-order valence-corrected chi connectivity index (χ1v) is 3.12. The van der Waals surface area contributed by atoms with E-state index in [0.717, 1.165) is 0 Å². The number of ether oxygens (including phenoxy) is 1. The number of nitrogens with one attached hydrogen (secondary N) is 1. The van der Waals surface area contributed by atoms with Gasteiger partial charge in [-0.25, -0.2) is 4.79 Å². The van der Waals surface area contributed by atoms with Gasteiger partial charge < -0.3 is 15.2 Å². The third-order valence-corrected chi connectivity index (χ3v) is 1.05. The fraction of sp³-hybridized carbons (Fsp3) is 0.833. The van der Waals surface area contributed by atoms with Gasteiger partial charge in [0.1, 0.15) is 0 Å². The monoisotopic (exact) mass is 147 g/mol. The van der Waals surface area contributed by atoms with Gasteiger partial charge in [0.15, 0.2) is 0 Å². The standard InChI is InChI=1S/C6H13NO3/c1-5(4-10-2)3-7-6(8)9/h5,7H,3-4H2,1-2H3,(H,8,9). The van der Waals surface area contributed by atoms with E-state index in [-0.39, 0.29) is 5.92 Å². The van der Waals surface area contributed by atoms with Crippen molar-refractivity contribution in [1.29, 1.82) is 0 Å². The maximum atomic E-state index is 9.96. The van der Waals surface area contributed by atoms with Crippen LogP contribution in [-0.2, 0) is 4.74 Å².